The fraction of sp³-hybridized carbons (Fsp3) is 0.200. The molecule has 0 bridgehead atoms. The Morgan fingerprint density at radius 3 is 0.853 bits per heavy atom. The number of aryl methyl sites for hydroxylation is 4. The highest BCUT2D eigenvalue weighted by atomic mass is 15.3. The van der Waals surface area contributed by atoms with Crippen molar-refractivity contribution in [1.82, 2.24) is 0 Å². The van der Waals surface area contributed by atoms with E-state index in [1.807, 2.05) is 0 Å². The lowest BCUT2D eigenvalue weighted by Gasteiger charge is -2.38. The molecule has 8 heteroatoms. The molecule has 4 heterocycles. The molecule has 0 spiro atoms. The van der Waals surface area contributed by atoms with Crippen LogP contribution in [0.4, 0.5) is 91.0 Å². The van der Waals surface area contributed by atoms with Gasteiger partial charge in [-0.3, -0.25) is 0 Å². The first-order chi connectivity index (χ1) is 32.7. The van der Waals surface area contributed by atoms with Crippen molar-refractivity contribution >= 4 is 91.0 Å². The zero-order valence-corrected chi connectivity index (χ0v) is 41.4. The molecule has 8 nitrogen and oxygen atoms in total. The van der Waals surface area contributed by atoms with Gasteiger partial charge in [0.25, 0.3) is 0 Å². The number of rotatable bonds is 2. The summed E-state index contributed by atoms with van der Waals surface area (Å²) in [6.07, 6.45) is 0. The Bertz CT molecular complexity index is 3340. The first-order valence-electron chi connectivity index (χ1n) is 23.6. The molecular formula is C60H60N8. The number of hydrogen-bond donors (Lipinski definition) is 0. The zero-order valence-electron chi connectivity index (χ0n) is 41.4. The average Bonchev–Trinajstić information content (AvgIpc) is 3.35. The van der Waals surface area contributed by atoms with Gasteiger partial charge in [0.1, 0.15) is 0 Å². The quantitative estimate of drug-likeness (QED) is 0.169. The molecule has 0 amide bonds. The summed E-state index contributed by atoms with van der Waals surface area (Å²) in [6, 6.07) is 53.7. The van der Waals surface area contributed by atoms with Gasteiger partial charge in [-0.05, 0) is 157 Å². The van der Waals surface area contributed by atoms with E-state index >= 15 is 0 Å². The van der Waals surface area contributed by atoms with Crippen LogP contribution in [0.1, 0.15) is 22.3 Å². The van der Waals surface area contributed by atoms with Crippen molar-refractivity contribution in [2.75, 3.05) is 95.6 Å². The number of para-hydroxylation sites is 2. The lowest BCUT2D eigenvalue weighted by atomic mass is 9.98. The standard InChI is InChI=1S/2C30H30N4/c1-19-8-12-24-27(15-19)32(4)26-14-10-21(17-29(26)33(24)5)22-9-13-25-30(18-22)34(6)28-16-20(2)7-11-23(28)31(25)3;1-19-9-8-12-26-29(19)33(5)24-16-14-21(17-27(24)32(26)4)22-13-15-23-28(18-22)34(6)30-20(2)10-7-11-25(30)31(23)3/h2*7-18H,1-6H3. The van der Waals surface area contributed by atoms with E-state index in [2.05, 4.69) is 269 Å². The van der Waals surface area contributed by atoms with Crippen molar-refractivity contribution in [3.8, 4) is 22.3 Å². The molecule has 0 fully saturated rings. The van der Waals surface area contributed by atoms with E-state index in [4.69, 9.17) is 0 Å². The highest BCUT2D eigenvalue weighted by molar-refractivity contribution is 6.00. The van der Waals surface area contributed by atoms with Crippen LogP contribution in [0.2, 0.25) is 0 Å². The van der Waals surface area contributed by atoms with Gasteiger partial charge in [-0.2, -0.15) is 0 Å². The maximum Gasteiger partial charge on any atom is 0.0679 e. The van der Waals surface area contributed by atoms with Gasteiger partial charge in [0.05, 0.1) is 91.0 Å². The predicted molar refractivity (Wildman–Crippen MR) is 293 cm³/mol. The largest absolute Gasteiger partial charge is 0.341 e. The summed E-state index contributed by atoms with van der Waals surface area (Å²) >= 11 is 0. The van der Waals surface area contributed by atoms with Crippen LogP contribution >= 0.6 is 0 Å². The van der Waals surface area contributed by atoms with E-state index in [1.165, 1.54) is 136 Å². The molecule has 68 heavy (non-hydrogen) atoms. The van der Waals surface area contributed by atoms with Crippen molar-refractivity contribution in [3.05, 3.63) is 168 Å². The van der Waals surface area contributed by atoms with Crippen molar-refractivity contribution < 1.29 is 0 Å². The van der Waals surface area contributed by atoms with E-state index in [1.54, 1.807) is 0 Å². The highest BCUT2D eigenvalue weighted by Crippen LogP contribution is 2.53. The number of anilines is 16. The smallest absolute Gasteiger partial charge is 0.0679 e. The van der Waals surface area contributed by atoms with E-state index in [0.29, 0.717) is 0 Å². The van der Waals surface area contributed by atoms with Gasteiger partial charge in [-0.25, -0.2) is 0 Å². The minimum atomic E-state index is 1.22. The van der Waals surface area contributed by atoms with Gasteiger partial charge in [0, 0.05) is 56.4 Å². The first kappa shape index (κ1) is 42.8. The number of benzene rings is 8. The molecule has 0 N–H and O–H groups in total. The fourth-order valence-corrected chi connectivity index (χ4v) is 11.1. The second-order valence-electron chi connectivity index (χ2n) is 19.2. The van der Waals surface area contributed by atoms with Crippen LogP contribution in [0.15, 0.2) is 146 Å². The summed E-state index contributed by atoms with van der Waals surface area (Å²) in [5.41, 5.74) is 29.8. The van der Waals surface area contributed by atoms with Crippen LogP contribution in [-0.2, 0) is 0 Å². The fourth-order valence-electron chi connectivity index (χ4n) is 11.1. The molecule has 340 valence electrons. The molecule has 0 saturated carbocycles. The van der Waals surface area contributed by atoms with Crippen LogP contribution in [0.3, 0.4) is 0 Å². The lowest BCUT2D eigenvalue weighted by molar-refractivity contribution is 1.08. The summed E-state index contributed by atoms with van der Waals surface area (Å²) in [5.74, 6) is 0. The second kappa shape index (κ2) is 15.9. The minimum absolute atomic E-state index is 1.22. The molecule has 0 radical (unpaired) electrons. The molecule has 8 aromatic rings. The van der Waals surface area contributed by atoms with Crippen molar-refractivity contribution in [2.24, 2.45) is 0 Å². The maximum absolute atomic E-state index is 2.33. The zero-order chi connectivity index (χ0) is 47.4. The number of nitrogens with zero attached hydrogens (tertiary/aromatic N) is 8. The summed E-state index contributed by atoms with van der Waals surface area (Å²) in [7, 11) is 17.3. The Kier molecular flexibility index (Phi) is 10.0. The predicted octanol–water partition coefficient (Wildman–Crippen LogP) is 15.3. The Labute approximate surface area is 402 Å². The Morgan fingerprint density at radius 2 is 0.471 bits per heavy atom. The SMILES string of the molecule is Cc1ccc2c(c1)N(C)c1ccc(-c3ccc4c(c3)N(C)c3cc(C)ccc3N4C)cc1N2C.Cc1cccc2c1N(C)c1ccc(-c3ccc4c(c3)N(C)c3c(C)cccc3N4C)cc1N2C. The molecule has 0 unspecified atom stereocenters. The van der Waals surface area contributed by atoms with Crippen molar-refractivity contribution in [1.29, 1.82) is 0 Å². The average molecular weight is 893 g/mol. The molecule has 4 aliphatic heterocycles. The molecule has 0 atom stereocenters. The normalized spacial score (nSPS) is 13.9. The molecule has 12 rings (SSSR count). The van der Waals surface area contributed by atoms with Crippen LogP contribution < -0.4 is 39.2 Å². The molecule has 0 saturated heterocycles. The van der Waals surface area contributed by atoms with Gasteiger partial charge in [0.15, 0.2) is 0 Å². The molecule has 0 aliphatic carbocycles. The van der Waals surface area contributed by atoms with Crippen LogP contribution in [0, 0.1) is 27.7 Å². The third kappa shape index (κ3) is 6.56. The van der Waals surface area contributed by atoms with E-state index in [0.717, 1.165) is 0 Å². The maximum atomic E-state index is 2.33. The third-order valence-electron chi connectivity index (χ3n) is 15.0. The summed E-state index contributed by atoms with van der Waals surface area (Å²) in [5, 5.41) is 0. The van der Waals surface area contributed by atoms with Gasteiger partial charge in [-0.15, -0.1) is 0 Å². The molecule has 4 aliphatic rings. The first-order valence-corrected chi connectivity index (χ1v) is 23.6. The van der Waals surface area contributed by atoms with E-state index < -0.39 is 0 Å². The molecular weight excluding hydrogens is 833 g/mol. The summed E-state index contributed by atoms with van der Waals surface area (Å²) in [6.45, 7) is 8.67. The minimum Gasteiger partial charge on any atom is -0.341 e. The number of fused-ring (bicyclic) bond motifs is 8. The Hall–Kier alpha value is -7.84. The Balaban J connectivity index is 0.000000149. The third-order valence-corrected chi connectivity index (χ3v) is 15.0. The summed E-state index contributed by atoms with van der Waals surface area (Å²) in [4.78, 5) is 18.5. The van der Waals surface area contributed by atoms with Crippen molar-refractivity contribution in [2.45, 2.75) is 27.7 Å². The topological polar surface area (TPSA) is 25.9 Å². The van der Waals surface area contributed by atoms with Gasteiger partial charge in [0.2, 0.25) is 0 Å². The van der Waals surface area contributed by atoms with E-state index in [9.17, 15) is 0 Å². The Morgan fingerprint density at radius 1 is 0.221 bits per heavy atom. The lowest BCUT2D eigenvalue weighted by Crippen LogP contribution is -2.25. The number of hydrogen-bond acceptors (Lipinski definition) is 8. The second-order valence-corrected chi connectivity index (χ2v) is 19.2. The van der Waals surface area contributed by atoms with Crippen LogP contribution in [-0.4, -0.2) is 56.4 Å². The van der Waals surface area contributed by atoms with E-state index in [-0.39, 0.29) is 0 Å². The molecule has 8 aromatic carbocycles. The van der Waals surface area contributed by atoms with Gasteiger partial charge >= 0.3 is 0 Å². The highest BCUT2D eigenvalue weighted by Gasteiger charge is 2.30. The molecule has 0 aromatic heterocycles. The van der Waals surface area contributed by atoms with Gasteiger partial charge in [-0.1, -0.05) is 60.7 Å². The van der Waals surface area contributed by atoms with Gasteiger partial charge < -0.3 is 39.2 Å². The summed E-state index contributed by atoms with van der Waals surface area (Å²) < 4.78 is 0. The van der Waals surface area contributed by atoms with Crippen LogP contribution in [0.5, 0.6) is 0 Å². The van der Waals surface area contributed by atoms with Crippen LogP contribution in [0.25, 0.3) is 22.3 Å². The van der Waals surface area contributed by atoms with Crippen molar-refractivity contribution in [3.63, 3.8) is 0 Å². The monoisotopic (exact) mass is 892 g/mol.